The first-order chi connectivity index (χ1) is 12.8. The second-order valence-corrected chi connectivity index (χ2v) is 7.01. The first-order valence-electron chi connectivity index (χ1n) is 9.13. The Morgan fingerprint density at radius 3 is 2.85 bits per heavy atom. The Labute approximate surface area is 153 Å². The monoisotopic (exact) mass is 353 g/mol. The fourth-order valence-electron chi connectivity index (χ4n) is 3.98. The van der Waals surface area contributed by atoms with Gasteiger partial charge in [-0.25, -0.2) is 4.98 Å². The minimum Gasteiger partial charge on any atom is -0.477 e. The van der Waals surface area contributed by atoms with E-state index in [1.165, 1.54) is 0 Å². The second-order valence-electron chi connectivity index (χ2n) is 7.01. The first kappa shape index (κ1) is 17.0. The molecule has 0 radical (unpaired) electrons. The highest BCUT2D eigenvalue weighted by molar-refractivity contribution is 5.92. The van der Waals surface area contributed by atoms with Gasteiger partial charge in [-0.15, -0.1) is 0 Å². The molecule has 2 aliphatic rings. The highest BCUT2D eigenvalue weighted by Gasteiger charge is 2.48. The summed E-state index contributed by atoms with van der Waals surface area (Å²) in [7, 11) is 0. The van der Waals surface area contributed by atoms with Crippen molar-refractivity contribution >= 4 is 5.91 Å². The molecule has 136 valence electrons. The van der Waals surface area contributed by atoms with Crippen LogP contribution in [0.4, 0.5) is 0 Å². The number of rotatable bonds is 4. The van der Waals surface area contributed by atoms with E-state index >= 15 is 0 Å². The Hall–Kier alpha value is -2.47. The number of fused-ring (bicyclic) bond motifs is 1. The number of aromatic nitrogens is 2. The Kier molecular flexibility index (Phi) is 4.84. The molecule has 2 atom stereocenters. The van der Waals surface area contributed by atoms with E-state index in [0.29, 0.717) is 31.3 Å². The van der Waals surface area contributed by atoms with Crippen molar-refractivity contribution in [3.63, 3.8) is 0 Å². The molecule has 4 rings (SSSR count). The third-order valence-corrected chi connectivity index (χ3v) is 5.30. The van der Waals surface area contributed by atoms with Crippen molar-refractivity contribution in [2.75, 3.05) is 26.3 Å². The molecule has 0 N–H and O–H groups in total. The van der Waals surface area contributed by atoms with Crippen molar-refractivity contribution in [3.05, 3.63) is 54.5 Å². The van der Waals surface area contributed by atoms with Gasteiger partial charge in [-0.1, -0.05) is 12.1 Å². The summed E-state index contributed by atoms with van der Waals surface area (Å²) in [6.07, 6.45) is 6.28. The molecule has 0 aromatic carbocycles. The van der Waals surface area contributed by atoms with E-state index in [2.05, 4.69) is 9.97 Å². The van der Waals surface area contributed by atoms with Gasteiger partial charge in [-0.3, -0.25) is 9.78 Å². The number of carbonyl (C=O) groups excluding carboxylic acids is 1. The summed E-state index contributed by atoms with van der Waals surface area (Å²) in [4.78, 5) is 23.2. The molecule has 0 unspecified atom stereocenters. The molecule has 2 aromatic heterocycles. The molecule has 2 aliphatic heterocycles. The van der Waals surface area contributed by atoms with Gasteiger partial charge in [0.15, 0.2) is 0 Å². The smallest absolute Gasteiger partial charge is 0.272 e. The summed E-state index contributed by atoms with van der Waals surface area (Å²) < 4.78 is 12.0. The van der Waals surface area contributed by atoms with Crippen LogP contribution in [0, 0.1) is 5.41 Å². The summed E-state index contributed by atoms with van der Waals surface area (Å²) in [5.74, 6) is 0.589. The van der Waals surface area contributed by atoms with E-state index in [1.54, 1.807) is 18.5 Å². The van der Waals surface area contributed by atoms with Crippen LogP contribution in [0.25, 0.3) is 0 Å². The van der Waals surface area contributed by atoms with E-state index in [9.17, 15) is 4.79 Å². The van der Waals surface area contributed by atoms with Crippen LogP contribution in [0.3, 0.4) is 0 Å². The Balaban J connectivity index is 1.52. The lowest BCUT2D eigenvalue weighted by atomic mass is 9.73. The molecule has 0 bridgehead atoms. The molecule has 6 heteroatoms. The van der Waals surface area contributed by atoms with E-state index in [-0.39, 0.29) is 17.4 Å². The lowest BCUT2D eigenvalue weighted by Gasteiger charge is -2.49. The van der Waals surface area contributed by atoms with E-state index < -0.39 is 0 Å². The SMILES string of the molecule is O=C(c1ccccn1)N1CC[C@H]2OCCC[C@@]2(COc2ccccn2)C1. The average Bonchev–Trinajstić information content (AvgIpc) is 2.73. The standard InChI is InChI=1S/C20H23N3O3/c24-19(16-6-1-3-10-21-16)23-12-8-17-20(14-23,9-5-13-25-17)15-26-18-7-2-4-11-22-18/h1-4,6-7,10-11,17H,5,8-9,12-15H2/t17-,20+/m1/s1. The van der Waals surface area contributed by atoms with Crippen LogP contribution in [0.2, 0.25) is 0 Å². The van der Waals surface area contributed by atoms with Crippen LogP contribution in [0.5, 0.6) is 5.88 Å². The Morgan fingerprint density at radius 1 is 1.23 bits per heavy atom. The van der Waals surface area contributed by atoms with Crippen molar-refractivity contribution in [2.24, 2.45) is 5.41 Å². The number of carbonyl (C=O) groups is 1. The number of ether oxygens (including phenoxy) is 2. The summed E-state index contributed by atoms with van der Waals surface area (Å²) in [5.41, 5.74) is 0.293. The van der Waals surface area contributed by atoms with E-state index in [4.69, 9.17) is 9.47 Å². The largest absolute Gasteiger partial charge is 0.477 e. The van der Waals surface area contributed by atoms with Gasteiger partial charge in [-0.2, -0.15) is 0 Å². The van der Waals surface area contributed by atoms with Crippen LogP contribution in [-0.2, 0) is 4.74 Å². The topological polar surface area (TPSA) is 64.6 Å². The highest BCUT2D eigenvalue weighted by Crippen LogP contribution is 2.40. The number of hydrogen-bond donors (Lipinski definition) is 0. The first-order valence-corrected chi connectivity index (χ1v) is 9.13. The molecule has 26 heavy (non-hydrogen) atoms. The minimum absolute atomic E-state index is 0.0214. The van der Waals surface area contributed by atoms with E-state index in [1.807, 2.05) is 35.2 Å². The summed E-state index contributed by atoms with van der Waals surface area (Å²) >= 11 is 0. The number of amides is 1. The maximum Gasteiger partial charge on any atom is 0.272 e. The zero-order valence-electron chi connectivity index (χ0n) is 14.7. The van der Waals surface area contributed by atoms with Crippen LogP contribution < -0.4 is 4.74 Å². The van der Waals surface area contributed by atoms with Gasteiger partial charge in [-0.05, 0) is 37.5 Å². The van der Waals surface area contributed by atoms with Crippen molar-refractivity contribution in [3.8, 4) is 5.88 Å². The molecule has 0 saturated carbocycles. The maximum absolute atomic E-state index is 12.9. The third kappa shape index (κ3) is 3.42. The predicted octanol–water partition coefficient (Wildman–Crippen LogP) is 2.57. The van der Waals surface area contributed by atoms with Crippen LogP contribution in [0.15, 0.2) is 48.8 Å². The highest BCUT2D eigenvalue weighted by atomic mass is 16.5. The quantitative estimate of drug-likeness (QED) is 0.845. The van der Waals surface area contributed by atoms with Crippen LogP contribution >= 0.6 is 0 Å². The maximum atomic E-state index is 12.9. The molecule has 1 amide bonds. The average molecular weight is 353 g/mol. The fourth-order valence-corrected chi connectivity index (χ4v) is 3.98. The van der Waals surface area contributed by atoms with Crippen molar-refractivity contribution in [2.45, 2.75) is 25.4 Å². The molecule has 0 spiro atoms. The van der Waals surface area contributed by atoms with E-state index in [0.717, 1.165) is 25.9 Å². The van der Waals surface area contributed by atoms with Crippen LogP contribution in [-0.4, -0.2) is 53.2 Å². The molecule has 6 nitrogen and oxygen atoms in total. The second kappa shape index (κ2) is 7.41. The number of piperidine rings is 1. The number of hydrogen-bond acceptors (Lipinski definition) is 5. The van der Waals surface area contributed by atoms with Gasteiger partial charge in [0.2, 0.25) is 5.88 Å². The third-order valence-electron chi connectivity index (χ3n) is 5.30. The van der Waals surface area contributed by atoms with Gasteiger partial charge in [0, 0.05) is 43.6 Å². The molecule has 2 aromatic rings. The predicted molar refractivity (Wildman–Crippen MR) is 95.9 cm³/mol. The summed E-state index contributed by atoms with van der Waals surface area (Å²) in [6.45, 7) is 2.59. The van der Waals surface area contributed by atoms with Gasteiger partial charge in [0.05, 0.1) is 12.7 Å². The zero-order chi connectivity index (χ0) is 17.8. The molecular formula is C20H23N3O3. The Bertz CT molecular complexity index is 740. The normalized spacial score (nSPS) is 25.4. The summed E-state index contributed by atoms with van der Waals surface area (Å²) in [5, 5.41) is 0. The Morgan fingerprint density at radius 2 is 2.08 bits per heavy atom. The minimum atomic E-state index is -0.196. The lowest BCUT2D eigenvalue weighted by Crippen LogP contribution is -2.58. The van der Waals surface area contributed by atoms with Crippen LogP contribution in [0.1, 0.15) is 29.8 Å². The fraction of sp³-hybridized carbons (Fsp3) is 0.450. The van der Waals surface area contributed by atoms with Crippen molar-refractivity contribution < 1.29 is 14.3 Å². The van der Waals surface area contributed by atoms with Crippen molar-refractivity contribution in [1.29, 1.82) is 0 Å². The van der Waals surface area contributed by atoms with Gasteiger partial charge >= 0.3 is 0 Å². The molecule has 2 saturated heterocycles. The molecule has 4 heterocycles. The van der Waals surface area contributed by atoms with Gasteiger partial charge in [0.25, 0.3) is 5.91 Å². The summed E-state index contributed by atoms with van der Waals surface area (Å²) in [6, 6.07) is 11.1. The van der Waals surface area contributed by atoms with Crippen molar-refractivity contribution in [1.82, 2.24) is 14.9 Å². The molecular weight excluding hydrogens is 330 g/mol. The molecule has 0 aliphatic carbocycles. The zero-order valence-corrected chi connectivity index (χ0v) is 14.7. The lowest BCUT2D eigenvalue weighted by molar-refractivity contribution is -0.133. The molecule has 2 fully saturated rings. The number of nitrogens with zero attached hydrogens (tertiary/aromatic N) is 3. The van der Waals surface area contributed by atoms with Gasteiger partial charge < -0.3 is 14.4 Å². The number of likely N-dealkylation sites (tertiary alicyclic amines) is 1. The van der Waals surface area contributed by atoms with Gasteiger partial charge in [0.1, 0.15) is 5.69 Å². The number of pyridine rings is 2.